The largest absolute Gasteiger partial charge is 0.143 e. The SMILES string of the molecule is CCCc1ccc2cc3cc(S)ccc3cc2c1. The lowest BCUT2D eigenvalue weighted by atomic mass is 10.0. The molecule has 0 heterocycles. The number of rotatable bonds is 2. The van der Waals surface area contributed by atoms with Crippen molar-refractivity contribution in [3.63, 3.8) is 0 Å². The molecule has 0 aliphatic heterocycles. The Balaban J connectivity index is 2.24. The van der Waals surface area contributed by atoms with Crippen LogP contribution in [0.2, 0.25) is 0 Å². The van der Waals surface area contributed by atoms with Gasteiger partial charge in [0.2, 0.25) is 0 Å². The van der Waals surface area contributed by atoms with Crippen LogP contribution in [0.25, 0.3) is 21.5 Å². The molecule has 1 heteroatoms. The van der Waals surface area contributed by atoms with Crippen LogP contribution in [-0.4, -0.2) is 0 Å². The van der Waals surface area contributed by atoms with Crippen molar-refractivity contribution in [2.45, 2.75) is 24.7 Å². The molecule has 0 aliphatic rings. The first kappa shape index (κ1) is 11.6. The van der Waals surface area contributed by atoms with E-state index in [1.165, 1.54) is 33.5 Å². The maximum Gasteiger partial charge on any atom is 0.00463 e. The normalized spacial score (nSPS) is 11.2. The van der Waals surface area contributed by atoms with Gasteiger partial charge in [-0.05, 0) is 57.8 Å². The van der Waals surface area contributed by atoms with Crippen LogP contribution in [0.1, 0.15) is 18.9 Å². The lowest BCUT2D eigenvalue weighted by Gasteiger charge is -2.05. The lowest BCUT2D eigenvalue weighted by molar-refractivity contribution is 0.924. The van der Waals surface area contributed by atoms with Gasteiger partial charge in [0.15, 0.2) is 0 Å². The van der Waals surface area contributed by atoms with Crippen LogP contribution in [0.4, 0.5) is 0 Å². The van der Waals surface area contributed by atoms with Gasteiger partial charge in [-0.3, -0.25) is 0 Å². The zero-order chi connectivity index (χ0) is 12.5. The third-order valence-electron chi connectivity index (χ3n) is 3.38. The second-order valence-corrected chi connectivity index (χ2v) is 5.33. The number of thiol groups is 1. The van der Waals surface area contributed by atoms with Gasteiger partial charge in [0.25, 0.3) is 0 Å². The number of benzene rings is 3. The minimum absolute atomic E-state index is 1.02. The van der Waals surface area contributed by atoms with E-state index in [0.717, 1.165) is 11.3 Å². The van der Waals surface area contributed by atoms with E-state index in [1.807, 2.05) is 6.07 Å². The van der Waals surface area contributed by atoms with Gasteiger partial charge in [-0.25, -0.2) is 0 Å². The van der Waals surface area contributed by atoms with E-state index >= 15 is 0 Å². The van der Waals surface area contributed by atoms with Crippen molar-refractivity contribution in [2.75, 3.05) is 0 Å². The van der Waals surface area contributed by atoms with Crippen molar-refractivity contribution in [1.29, 1.82) is 0 Å². The predicted molar refractivity (Wildman–Crippen MR) is 82.7 cm³/mol. The zero-order valence-corrected chi connectivity index (χ0v) is 11.4. The van der Waals surface area contributed by atoms with E-state index in [0.29, 0.717) is 0 Å². The number of hydrogen-bond donors (Lipinski definition) is 1. The van der Waals surface area contributed by atoms with Crippen LogP contribution in [0, 0.1) is 0 Å². The summed E-state index contributed by atoms with van der Waals surface area (Å²) < 4.78 is 0. The average Bonchev–Trinajstić information content (AvgIpc) is 2.37. The minimum Gasteiger partial charge on any atom is -0.143 e. The van der Waals surface area contributed by atoms with Crippen molar-refractivity contribution >= 4 is 34.2 Å². The van der Waals surface area contributed by atoms with E-state index in [2.05, 4.69) is 62.0 Å². The number of aryl methyl sites for hydroxylation is 1. The molecular weight excluding hydrogens is 236 g/mol. The Labute approximate surface area is 113 Å². The van der Waals surface area contributed by atoms with E-state index < -0.39 is 0 Å². The van der Waals surface area contributed by atoms with Crippen LogP contribution >= 0.6 is 12.6 Å². The van der Waals surface area contributed by atoms with Crippen LogP contribution in [-0.2, 0) is 6.42 Å². The van der Waals surface area contributed by atoms with Crippen LogP contribution in [0.5, 0.6) is 0 Å². The second-order valence-electron chi connectivity index (χ2n) is 4.82. The highest BCUT2D eigenvalue weighted by molar-refractivity contribution is 7.80. The summed E-state index contributed by atoms with van der Waals surface area (Å²) in [5.41, 5.74) is 1.43. The highest BCUT2D eigenvalue weighted by atomic mass is 32.1. The molecule has 0 bridgehead atoms. The predicted octanol–water partition coefficient (Wildman–Crippen LogP) is 5.23. The molecule has 0 N–H and O–H groups in total. The third kappa shape index (κ3) is 2.11. The van der Waals surface area contributed by atoms with E-state index in [4.69, 9.17) is 0 Å². The van der Waals surface area contributed by atoms with Gasteiger partial charge in [0, 0.05) is 4.90 Å². The fourth-order valence-electron chi connectivity index (χ4n) is 2.48. The molecule has 18 heavy (non-hydrogen) atoms. The summed E-state index contributed by atoms with van der Waals surface area (Å²) in [4.78, 5) is 1.02. The van der Waals surface area contributed by atoms with Crippen molar-refractivity contribution in [3.05, 3.63) is 54.1 Å². The van der Waals surface area contributed by atoms with E-state index in [-0.39, 0.29) is 0 Å². The molecule has 0 aromatic heterocycles. The fourth-order valence-corrected chi connectivity index (χ4v) is 2.69. The number of fused-ring (bicyclic) bond motifs is 2. The maximum absolute atomic E-state index is 4.40. The topological polar surface area (TPSA) is 0 Å². The Kier molecular flexibility index (Phi) is 3.00. The van der Waals surface area contributed by atoms with Gasteiger partial charge in [0.1, 0.15) is 0 Å². The first-order chi connectivity index (χ1) is 8.76. The molecule has 0 saturated heterocycles. The van der Waals surface area contributed by atoms with Gasteiger partial charge in [0.05, 0.1) is 0 Å². The minimum atomic E-state index is 1.02. The van der Waals surface area contributed by atoms with Crippen LogP contribution in [0.15, 0.2) is 53.4 Å². The standard InChI is InChI=1S/C17H16S/c1-2-3-12-4-5-13-10-16-11-17(18)7-6-14(16)9-15(13)8-12/h4-11,18H,2-3H2,1H3. The Hall–Kier alpha value is -1.47. The summed E-state index contributed by atoms with van der Waals surface area (Å²) >= 11 is 4.40. The Morgan fingerprint density at radius 3 is 2.17 bits per heavy atom. The first-order valence-electron chi connectivity index (χ1n) is 6.42. The monoisotopic (exact) mass is 252 g/mol. The molecule has 0 nitrogen and oxygen atoms in total. The van der Waals surface area contributed by atoms with Gasteiger partial charge < -0.3 is 0 Å². The summed E-state index contributed by atoms with van der Waals surface area (Å²) in [6, 6.07) is 17.6. The smallest absolute Gasteiger partial charge is 0.00463 e. The molecule has 0 atom stereocenters. The summed E-state index contributed by atoms with van der Waals surface area (Å²) in [7, 11) is 0. The third-order valence-corrected chi connectivity index (χ3v) is 3.66. The summed E-state index contributed by atoms with van der Waals surface area (Å²) in [5.74, 6) is 0. The molecule has 0 amide bonds. The molecule has 3 rings (SSSR count). The molecule has 0 unspecified atom stereocenters. The maximum atomic E-state index is 4.40. The summed E-state index contributed by atoms with van der Waals surface area (Å²) in [6.45, 7) is 2.22. The summed E-state index contributed by atoms with van der Waals surface area (Å²) in [5, 5.41) is 5.19. The Morgan fingerprint density at radius 1 is 0.778 bits per heavy atom. The first-order valence-corrected chi connectivity index (χ1v) is 6.86. The summed E-state index contributed by atoms with van der Waals surface area (Å²) in [6.07, 6.45) is 2.35. The van der Waals surface area contributed by atoms with Crippen molar-refractivity contribution < 1.29 is 0 Å². The average molecular weight is 252 g/mol. The van der Waals surface area contributed by atoms with Gasteiger partial charge in [-0.1, -0.05) is 37.6 Å². The van der Waals surface area contributed by atoms with Crippen LogP contribution < -0.4 is 0 Å². The number of hydrogen-bond acceptors (Lipinski definition) is 1. The van der Waals surface area contributed by atoms with Gasteiger partial charge in [-0.2, -0.15) is 0 Å². The molecule has 0 saturated carbocycles. The Morgan fingerprint density at radius 2 is 1.44 bits per heavy atom. The van der Waals surface area contributed by atoms with E-state index in [9.17, 15) is 0 Å². The zero-order valence-electron chi connectivity index (χ0n) is 10.5. The molecule has 90 valence electrons. The second kappa shape index (κ2) is 4.66. The van der Waals surface area contributed by atoms with Crippen molar-refractivity contribution in [2.24, 2.45) is 0 Å². The van der Waals surface area contributed by atoms with Gasteiger partial charge >= 0.3 is 0 Å². The molecule has 3 aromatic carbocycles. The molecular formula is C17H16S. The highest BCUT2D eigenvalue weighted by Gasteiger charge is 2.00. The fraction of sp³-hybridized carbons (Fsp3) is 0.176. The van der Waals surface area contributed by atoms with Crippen molar-refractivity contribution in [3.8, 4) is 0 Å². The highest BCUT2D eigenvalue weighted by Crippen LogP contribution is 2.25. The molecule has 0 radical (unpaired) electrons. The molecule has 3 aromatic rings. The molecule has 0 spiro atoms. The molecule has 0 fully saturated rings. The lowest BCUT2D eigenvalue weighted by Crippen LogP contribution is -1.84. The van der Waals surface area contributed by atoms with Gasteiger partial charge in [-0.15, -0.1) is 12.6 Å². The van der Waals surface area contributed by atoms with Crippen molar-refractivity contribution in [1.82, 2.24) is 0 Å². The quantitative estimate of drug-likeness (QED) is 0.468. The van der Waals surface area contributed by atoms with E-state index in [1.54, 1.807) is 0 Å². The van der Waals surface area contributed by atoms with Crippen LogP contribution in [0.3, 0.4) is 0 Å². The molecule has 0 aliphatic carbocycles. The Bertz CT molecular complexity index is 713.